The molecule has 0 unspecified atom stereocenters. The maximum atomic E-state index is 4.57. The average Bonchev–Trinajstić information content (AvgIpc) is 3.00. The Morgan fingerprint density at radius 2 is 2.20 bits per heavy atom. The van der Waals surface area contributed by atoms with Gasteiger partial charge in [-0.1, -0.05) is 0 Å². The molecule has 1 saturated carbocycles. The molecule has 2 heterocycles. The van der Waals surface area contributed by atoms with E-state index in [0.29, 0.717) is 6.04 Å². The Hall–Kier alpha value is -1.42. The lowest BCUT2D eigenvalue weighted by molar-refractivity contribution is 0.446. The fourth-order valence-corrected chi connectivity index (χ4v) is 3.72. The molecule has 0 amide bonds. The summed E-state index contributed by atoms with van der Waals surface area (Å²) in [4.78, 5) is 8.14. The number of thioether (sulfide) groups is 1. The standard InChI is InChI=1S/C16H19N3S/c1-10-7-11-9-14(16-17-5-6-20-16)19-15(11)13(8-10)18-12-3-2-4-12/h7-9,12,18-19H,2-6H2,1H3. The number of aliphatic imine (C=N–C) groups is 1. The molecule has 1 aliphatic carbocycles. The third kappa shape index (κ3) is 2.12. The Bertz CT molecular complexity index is 682. The summed E-state index contributed by atoms with van der Waals surface area (Å²) in [6, 6.07) is 7.40. The number of nitrogens with zero attached hydrogens (tertiary/aromatic N) is 1. The van der Waals surface area contributed by atoms with Gasteiger partial charge in [0.1, 0.15) is 5.04 Å². The second kappa shape index (κ2) is 4.85. The van der Waals surface area contributed by atoms with Gasteiger partial charge in [-0.15, -0.1) is 11.8 Å². The van der Waals surface area contributed by atoms with E-state index >= 15 is 0 Å². The van der Waals surface area contributed by atoms with E-state index in [9.17, 15) is 0 Å². The molecule has 4 rings (SSSR count). The summed E-state index contributed by atoms with van der Waals surface area (Å²) in [5.74, 6) is 1.11. The van der Waals surface area contributed by atoms with Crippen molar-refractivity contribution in [3.63, 3.8) is 0 Å². The van der Waals surface area contributed by atoms with Crippen molar-refractivity contribution in [2.45, 2.75) is 32.2 Å². The number of hydrogen-bond acceptors (Lipinski definition) is 3. The van der Waals surface area contributed by atoms with E-state index in [2.05, 4.69) is 40.4 Å². The molecule has 2 aromatic rings. The Morgan fingerprint density at radius 3 is 2.90 bits per heavy atom. The molecule has 2 N–H and O–H groups in total. The third-order valence-electron chi connectivity index (χ3n) is 4.15. The van der Waals surface area contributed by atoms with E-state index in [1.807, 2.05) is 11.8 Å². The first-order valence-corrected chi connectivity index (χ1v) is 8.36. The number of aryl methyl sites for hydroxylation is 1. The molecule has 0 spiro atoms. The number of aromatic nitrogens is 1. The summed E-state index contributed by atoms with van der Waals surface area (Å²) in [6.07, 6.45) is 3.95. The first-order chi connectivity index (χ1) is 9.79. The van der Waals surface area contributed by atoms with Crippen molar-refractivity contribution in [2.24, 2.45) is 4.99 Å². The molecular formula is C16H19N3S. The molecule has 0 bridgehead atoms. The van der Waals surface area contributed by atoms with Crippen molar-refractivity contribution in [2.75, 3.05) is 17.6 Å². The number of nitrogens with one attached hydrogen (secondary N) is 2. The molecule has 4 heteroatoms. The lowest BCUT2D eigenvalue weighted by Crippen LogP contribution is -2.27. The average molecular weight is 285 g/mol. The van der Waals surface area contributed by atoms with Gasteiger partial charge >= 0.3 is 0 Å². The summed E-state index contributed by atoms with van der Waals surface area (Å²) >= 11 is 1.85. The molecule has 2 aliphatic rings. The highest BCUT2D eigenvalue weighted by Crippen LogP contribution is 2.31. The van der Waals surface area contributed by atoms with E-state index in [1.54, 1.807) is 0 Å². The van der Waals surface area contributed by atoms with Crippen LogP contribution in [-0.2, 0) is 0 Å². The molecule has 1 fully saturated rings. The molecule has 1 aliphatic heterocycles. The monoisotopic (exact) mass is 285 g/mol. The number of H-pyrrole nitrogens is 1. The van der Waals surface area contributed by atoms with Crippen LogP contribution in [0.25, 0.3) is 10.9 Å². The highest BCUT2D eigenvalue weighted by atomic mass is 32.2. The summed E-state index contributed by atoms with van der Waals surface area (Å²) in [6.45, 7) is 3.11. The van der Waals surface area contributed by atoms with Crippen LogP contribution in [0.4, 0.5) is 5.69 Å². The predicted octanol–water partition coefficient (Wildman–Crippen LogP) is 3.93. The number of fused-ring (bicyclic) bond motifs is 1. The summed E-state index contributed by atoms with van der Waals surface area (Å²) in [5.41, 5.74) is 4.96. The van der Waals surface area contributed by atoms with Crippen LogP contribution in [0.5, 0.6) is 0 Å². The molecule has 20 heavy (non-hydrogen) atoms. The molecule has 104 valence electrons. The maximum Gasteiger partial charge on any atom is 0.114 e. The maximum absolute atomic E-state index is 4.57. The summed E-state index contributed by atoms with van der Waals surface area (Å²) < 4.78 is 0. The molecule has 1 aromatic carbocycles. The first kappa shape index (κ1) is 12.3. The summed E-state index contributed by atoms with van der Waals surface area (Å²) in [5, 5.41) is 6.14. The first-order valence-electron chi connectivity index (χ1n) is 7.37. The number of anilines is 1. The minimum Gasteiger partial charge on any atom is -0.381 e. The van der Waals surface area contributed by atoms with Crippen LogP contribution in [-0.4, -0.2) is 28.4 Å². The SMILES string of the molecule is Cc1cc(NC2CCC2)c2[nH]c(C3=NCCS3)cc2c1. The van der Waals surface area contributed by atoms with E-state index < -0.39 is 0 Å². The molecular weight excluding hydrogens is 266 g/mol. The van der Waals surface area contributed by atoms with Crippen LogP contribution in [0.3, 0.4) is 0 Å². The van der Waals surface area contributed by atoms with Crippen LogP contribution < -0.4 is 5.32 Å². The van der Waals surface area contributed by atoms with Crippen LogP contribution in [0, 0.1) is 6.92 Å². The van der Waals surface area contributed by atoms with Crippen molar-refractivity contribution in [1.82, 2.24) is 4.98 Å². The van der Waals surface area contributed by atoms with Crippen LogP contribution >= 0.6 is 11.8 Å². The number of rotatable bonds is 3. The number of hydrogen-bond donors (Lipinski definition) is 2. The smallest absolute Gasteiger partial charge is 0.114 e. The lowest BCUT2D eigenvalue weighted by atomic mass is 9.93. The van der Waals surface area contributed by atoms with E-state index in [-0.39, 0.29) is 0 Å². The normalized spacial score (nSPS) is 19.1. The topological polar surface area (TPSA) is 40.2 Å². The molecule has 3 nitrogen and oxygen atoms in total. The zero-order valence-electron chi connectivity index (χ0n) is 11.7. The van der Waals surface area contributed by atoms with Gasteiger partial charge in [0, 0.05) is 23.7 Å². The van der Waals surface area contributed by atoms with Gasteiger partial charge in [-0.05, 0) is 49.9 Å². The fraction of sp³-hybridized carbons (Fsp3) is 0.438. The second-order valence-corrected chi connectivity index (χ2v) is 6.85. The highest BCUT2D eigenvalue weighted by Gasteiger charge is 2.19. The van der Waals surface area contributed by atoms with Crippen molar-refractivity contribution in [3.8, 4) is 0 Å². The van der Waals surface area contributed by atoms with Crippen LogP contribution in [0.15, 0.2) is 23.2 Å². The molecule has 0 radical (unpaired) electrons. The van der Waals surface area contributed by atoms with Gasteiger partial charge in [0.15, 0.2) is 0 Å². The summed E-state index contributed by atoms with van der Waals surface area (Å²) in [7, 11) is 0. The van der Waals surface area contributed by atoms with Gasteiger partial charge in [-0.25, -0.2) is 0 Å². The molecule has 1 aromatic heterocycles. The third-order valence-corrected chi connectivity index (χ3v) is 5.16. The number of aromatic amines is 1. The second-order valence-electron chi connectivity index (χ2n) is 5.77. The van der Waals surface area contributed by atoms with E-state index in [0.717, 1.165) is 17.3 Å². The highest BCUT2D eigenvalue weighted by molar-refractivity contribution is 8.14. The van der Waals surface area contributed by atoms with E-state index in [1.165, 1.54) is 47.1 Å². The van der Waals surface area contributed by atoms with Gasteiger partial charge in [0.25, 0.3) is 0 Å². The van der Waals surface area contributed by atoms with Crippen LogP contribution in [0.2, 0.25) is 0 Å². The molecule has 0 saturated heterocycles. The Balaban J connectivity index is 1.76. The van der Waals surface area contributed by atoms with Crippen molar-refractivity contribution < 1.29 is 0 Å². The zero-order valence-corrected chi connectivity index (χ0v) is 12.5. The van der Waals surface area contributed by atoms with E-state index in [4.69, 9.17) is 0 Å². The van der Waals surface area contributed by atoms with Crippen LogP contribution in [0.1, 0.15) is 30.5 Å². The lowest BCUT2D eigenvalue weighted by Gasteiger charge is -2.28. The Morgan fingerprint density at radius 1 is 1.30 bits per heavy atom. The largest absolute Gasteiger partial charge is 0.381 e. The van der Waals surface area contributed by atoms with Gasteiger partial charge < -0.3 is 10.3 Å². The zero-order chi connectivity index (χ0) is 13.5. The Kier molecular flexibility index (Phi) is 2.99. The quantitative estimate of drug-likeness (QED) is 0.897. The van der Waals surface area contributed by atoms with Gasteiger partial charge in [0.2, 0.25) is 0 Å². The van der Waals surface area contributed by atoms with Crippen molar-refractivity contribution in [1.29, 1.82) is 0 Å². The van der Waals surface area contributed by atoms with Gasteiger partial charge in [-0.2, -0.15) is 0 Å². The van der Waals surface area contributed by atoms with Gasteiger partial charge in [0.05, 0.1) is 16.9 Å². The minimum absolute atomic E-state index is 0.657. The molecule has 0 atom stereocenters. The number of benzene rings is 1. The Labute approximate surface area is 123 Å². The van der Waals surface area contributed by atoms with Crippen molar-refractivity contribution in [3.05, 3.63) is 29.5 Å². The van der Waals surface area contributed by atoms with Crippen molar-refractivity contribution >= 4 is 33.4 Å². The predicted molar refractivity (Wildman–Crippen MR) is 88.2 cm³/mol. The fourth-order valence-electron chi connectivity index (χ4n) is 2.89. The van der Waals surface area contributed by atoms with Gasteiger partial charge in [-0.3, -0.25) is 4.99 Å². The minimum atomic E-state index is 0.657.